The molecule has 0 bridgehead atoms. The molecule has 5 heteroatoms. The summed E-state index contributed by atoms with van der Waals surface area (Å²) < 4.78 is 5.09. The standard InChI is InChI=1S/C16H21NO4/c1-21-11-13-5-2-4-12(8-13)9-15(18)17-7-3-6-14(17)10-16(19)20/h2,4-5,8,14H,3,6-7,9-11H2,1H3,(H,19,20). The predicted molar refractivity (Wildman–Crippen MR) is 77.8 cm³/mol. The first kappa shape index (κ1) is 15.5. The number of carboxylic acids is 1. The Kier molecular flexibility index (Phi) is 5.33. The van der Waals surface area contributed by atoms with E-state index in [1.54, 1.807) is 12.0 Å². The Balaban J connectivity index is 2.00. The van der Waals surface area contributed by atoms with Crippen LogP contribution in [-0.4, -0.2) is 41.6 Å². The Bertz CT molecular complexity index is 515. The van der Waals surface area contributed by atoms with E-state index in [0.717, 1.165) is 24.0 Å². The molecule has 1 aliphatic heterocycles. The van der Waals surface area contributed by atoms with E-state index in [0.29, 0.717) is 19.6 Å². The molecule has 1 heterocycles. The van der Waals surface area contributed by atoms with Crippen LogP contribution in [0.2, 0.25) is 0 Å². The van der Waals surface area contributed by atoms with Gasteiger partial charge in [-0.15, -0.1) is 0 Å². The van der Waals surface area contributed by atoms with Crippen molar-refractivity contribution >= 4 is 11.9 Å². The number of ether oxygens (including phenoxy) is 1. The van der Waals surface area contributed by atoms with E-state index in [1.807, 2.05) is 24.3 Å². The van der Waals surface area contributed by atoms with E-state index < -0.39 is 5.97 Å². The van der Waals surface area contributed by atoms with Gasteiger partial charge in [-0.05, 0) is 24.0 Å². The summed E-state index contributed by atoms with van der Waals surface area (Å²) in [6, 6.07) is 7.59. The molecule has 21 heavy (non-hydrogen) atoms. The van der Waals surface area contributed by atoms with Gasteiger partial charge in [-0.25, -0.2) is 0 Å². The van der Waals surface area contributed by atoms with Gasteiger partial charge in [-0.2, -0.15) is 0 Å². The van der Waals surface area contributed by atoms with Gasteiger partial charge in [0.25, 0.3) is 0 Å². The number of benzene rings is 1. The number of methoxy groups -OCH3 is 1. The van der Waals surface area contributed by atoms with Crippen LogP contribution in [0.15, 0.2) is 24.3 Å². The molecule has 1 N–H and O–H groups in total. The average Bonchev–Trinajstić information content (AvgIpc) is 2.87. The monoisotopic (exact) mass is 291 g/mol. The third-order valence-electron chi connectivity index (χ3n) is 3.77. The van der Waals surface area contributed by atoms with Crippen molar-refractivity contribution in [3.05, 3.63) is 35.4 Å². The average molecular weight is 291 g/mol. The molecule has 0 aliphatic carbocycles. The number of amides is 1. The molecular weight excluding hydrogens is 270 g/mol. The Morgan fingerprint density at radius 2 is 2.14 bits per heavy atom. The molecule has 1 amide bonds. The SMILES string of the molecule is COCc1cccc(CC(=O)N2CCCC2CC(=O)O)c1. The highest BCUT2D eigenvalue weighted by molar-refractivity contribution is 5.80. The second-order valence-electron chi connectivity index (χ2n) is 5.41. The van der Waals surface area contributed by atoms with Gasteiger partial charge in [0.05, 0.1) is 19.4 Å². The first-order valence-electron chi connectivity index (χ1n) is 7.18. The van der Waals surface area contributed by atoms with Crippen molar-refractivity contribution in [3.8, 4) is 0 Å². The topological polar surface area (TPSA) is 66.8 Å². The van der Waals surface area contributed by atoms with Crippen LogP contribution in [0.3, 0.4) is 0 Å². The fourth-order valence-electron chi connectivity index (χ4n) is 2.85. The summed E-state index contributed by atoms with van der Waals surface area (Å²) in [7, 11) is 1.64. The maximum Gasteiger partial charge on any atom is 0.305 e. The second kappa shape index (κ2) is 7.22. The van der Waals surface area contributed by atoms with E-state index in [2.05, 4.69) is 0 Å². The normalized spacial score (nSPS) is 18.0. The fourth-order valence-corrected chi connectivity index (χ4v) is 2.85. The van der Waals surface area contributed by atoms with Crippen LogP contribution >= 0.6 is 0 Å². The second-order valence-corrected chi connectivity index (χ2v) is 5.41. The van der Waals surface area contributed by atoms with Crippen LogP contribution in [0, 0.1) is 0 Å². The zero-order valence-electron chi connectivity index (χ0n) is 12.2. The molecule has 1 aliphatic rings. The number of likely N-dealkylation sites (tertiary alicyclic amines) is 1. The molecule has 5 nitrogen and oxygen atoms in total. The van der Waals surface area contributed by atoms with Crippen LogP contribution < -0.4 is 0 Å². The molecule has 0 radical (unpaired) electrons. The number of carboxylic acid groups (broad SMARTS) is 1. The summed E-state index contributed by atoms with van der Waals surface area (Å²) in [5.41, 5.74) is 1.97. The number of hydrogen-bond donors (Lipinski definition) is 1. The lowest BCUT2D eigenvalue weighted by Gasteiger charge is -2.23. The Morgan fingerprint density at radius 3 is 2.86 bits per heavy atom. The minimum atomic E-state index is -0.846. The van der Waals surface area contributed by atoms with Crippen molar-refractivity contribution in [3.63, 3.8) is 0 Å². The van der Waals surface area contributed by atoms with Crippen LogP contribution in [0.1, 0.15) is 30.4 Å². The fraction of sp³-hybridized carbons (Fsp3) is 0.500. The number of rotatable bonds is 6. The van der Waals surface area contributed by atoms with E-state index >= 15 is 0 Å². The molecule has 1 saturated heterocycles. The highest BCUT2D eigenvalue weighted by Gasteiger charge is 2.30. The van der Waals surface area contributed by atoms with E-state index in [4.69, 9.17) is 9.84 Å². The van der Waals surface area contributed by atoms with Gasteiger partial charge in [0, 0.05) is 19.7 Å². The quantitative estimate of drug-likeness (QED) is 0.868. The molecule has 1 unspecified atom stereocenters. The Labute approximate surface area is 124 Å². The van der Waals surface area contributed by atoms with Crippen LogP contribution in [0.25, 0.3) is 0 Å². The maximum atomic E-state index is 12.4. The number of aliphatic carboxylic acids is 1. The van der Waals surface area contributed by atoms with Gasteiger partial charge < -0.3 is 14.7 Å². The van der Waals surface area contributed by atoms with Crippen LogP contribution in [0.5, 0.6) is 0 Å². The number of nitrogens with zero attached hydrogens (tertiary/aromatic N) is 1. The largest absolute Gasteiger partial charge is 0.481 e. The van der Waals surface area contributed by atoms with Crippen molar-refractivity contribution in [1.82, 2.24) is 4.90 Å². The molecule has 1 aromatic carbocycles. The Hall–Kier alpha value is -1.88. The molecule has 114 valence electrons. The predicted octanol–water partition coefficient (Wildman–Crippen LogP) is 1.84. The van der Waals surface area contributed by atoms with E-state index in [9.17, 15) is 9.59 Å². The van der Waals surface area contributed by atoms with Gasteiger partial charge in [0.15, 0.2) is 0 Å². The lowest BCUT2D eigenvalue weighted by atomic mass is 10.1. The van der Waals surface area contributed by atoms with Crippen molar-refractivity contribution in [2.24, 2.45) is 0 Å². The lowest BCUT2D eigenvalue weighted by molar-refractivity contribution is -0.139. The van der Waals surface area contributed by atoms with Gasteiger partial charge in [-0.3, -0.25) is 9.59 Å². The lowest BCUT2D eigenvalue weighted by Crippen LogP contribution is -2.37. The highest BCUT2D eigenvalue weighted by atomic mass is 16.5. The smallest absolute Gasteiger partial charge is 0.305 e. The molecule has 1 fully saturated rings. The number of carbonyl (C=O) groups excluding carboxylic acids is 1. The van der Waals surface area contributed by atoms with Crippen LogP contribution in [-0.2, 0) is 27.4 Å². The highest BCUT2D eigenvalue weighted by Crippen LogP contribution is 2.21. The van der Waals surface area contributed by atoms with Gasteiger partial charge in [-0.1, -0.05) is 24.3 Å². The molecule has 0 aromatic heterocycles. The minimum Gasteiger partial charge on any atom is -0.481 e. The summed E-state index contributed by atoms with van der Waals surface area (Å²) >= 11 is 0. The molecular formula is C16H21NO4. The van der Waals surface area contributed by atoms with Crippen molar-refractivity contribution in [2.75, 3.05) is 13.7 Å². The minimum absolute atomic E-state index is 0.00770. The van der Waals surface area contributed by atoms with E-state index in [-0.39, 0.29) is 18.4 Å². The molecule has 0 saturated carbocycles. The summed E-state index contributed by atoms with van der Waals surface area (Å²) in [5.74, 6) is -0.838. The third-order valence-corrected chi connectivity index (χ3v) is 3.77. The molecule has 1 atom stereocenters. The van der Waals surface area contributed by atoms with E-state index in [1.165, 1.54) is 0 Å². The zero-order chi connectivity index (χ0) is 15.2. The van der Waals surface area contributed by atoms with Crippen LogP contribution in [0.4, 0.5) is 0 Å². The molecule has 0 spiro atoms. The van der Waals surface area contributed by atoms with Gasteiger partial charge in [0.1, 0.15) is 0 Å². The first-order valence-corrected chi connectivity index (χ1v) is 7.18. The Morgan fingerprint density at radius 1 is 1.38 bits per heavy atom. The maximum absolute atomic E-state index is 12.4. The number of carbonyl (C=O) groups is 2. The van der Waals surface area contributed by atoms with Crippen molar-refractivity contribution in [1.29, 1.82) is 0 Å². The van der Waals surface area contributed by atoms with Crippen molar-refractivity contribution < 1.29 is 19.4 Å². The number of hydrogen-bond acceptors (Lipinski definition) is 3. The summed E-state index contributed by atoms with van der Waals surface area (Å²) in [6.45, 7) is 1.18. The molecule has 2 rings (SSSR count). The summed E-state index contributed by atoms with van der Waals surface area (Å²) in [4.78, 5) is 24.9. The third kappa shape index (κ3) is 4.29. The van der Waals surface area contributed by atoms with Gasteiger partial charge in [0.2, 0.25) is 5.91 Å². The summed E-state index contributed by atoms with van der Waals surface area (Å²) in [6.07, 6.45) is 2.01. The molecule has 1 aromatic rings. The zero-order valence-corrected chi connectivity index (χ0v) is 12.2. The first-order chi connectivity index (χ1) is 10.1. The summed E-state index contributed by atoms with van der Waals surface area (Å²) in [5, 5.41) is 8.91. The van der Waals surface area contributed by atoms with Crippen molar-refractivity contribution in [2.45, 2.75) is 38.3 Å². The van der Waals surface area contributed by atoms with Gasteiger partial charge >= 0.3 is 5.97 Å².